The molecule has 6 nitrogen and oxygen atoms in total. The molecule has 0 N–H and O–H groups in total. The van der Waals surface area contributed by atoms with Gasteiger partial charge in [0.05, 0.1) is 22.2 Å². The molecule has 0 fully saturated rings. The summed E-state index contributed by atoms with van der Waals surface area (Å²) in [5.74, 6) is 0.598. The van der Waals surface area contributed by atoms with Gasteiger partial charge in [-0.25, -0.2) is 15.0 Å². The number of fused-ring (bicyclic) bond motifs is 14. The third-order valence-electron chi connectivity index (χ3n) is 9.51. The van der Waals surface area contributed by atoms with Gasteiger partial charge in [0.25, 0.3) is 0 Å². The van der Waals surface area contributed by atoms with Crippen molar-refractivity contribution in [3.63, 3.8) is 0 Å². The van der Waals surface area contributed by atoms with E-state index in [-0.39, 0.29) is 0 Å². The monoisotopic (exact) mass is 601 g/mol. The van der Waals surface area contributed by atoms with Crippen LogP contribution in [0.25, 0.3) is 99.4 Å². The van der Waals surface area contributed by atoms with Gasteiger partial charge >= 0.3 is 0 Å². The largest absolute Gasteiger partial charge is 0.456 e. The van der Waals surface area contributed by atoms with Crippen molar-refractivity contribution < 1.29 is 4.42 Å². The molecule has 0 amide bonds. The molecule has 5 aromatic heterocycles. The second-order valence-corrected chi connectivity index (χ2v) is 12.1. The Morgan fingerprint density at radius 1 is 0.468 bits per heavy atom. The van der Waals surface area contributed by atoms with Gasteiger partial charge in [0.1, 0.15) is 22.3 Å². The number of rotatable bonds is 2. The van der Waals surface area contributed by atoms with Crippen molar-refractivity contribution in [2.45, 2.75) is 0 Å². The minimum atomic E-state index is 0.598. The lowest BCUT2D eigenvalue weighted by Gasteiger charge is -2.13. The standard InChI is InChI=1S/C41H23N5O/c1-2-14-28-25(11-1)26-12-4-8-18-33(26)45-39(28)43-38-30-16-5-9-19-34(30)46(40(38)45)41-42-32-17-7-3-15-29(32)37(44-41)24-21-22-36-31(23-24)27-13-6-10-20-35(27)47-36/h1-23H. The average Bonchev–Trinajstić information content (AvgIpc) is 3.80. The lowest BCUT2D eigenvalue weighted by Crippen LogP contribution is -2.05. The first kappa shape index (κ1) is 24.8. The fourth-order valence-corrected chi connectivity index (χ4v) is 7.46. The number of hydrogen-bond acceptors (Lipinski definition) is 4. The molecule has 218 valence electrons. The highest BCUT2D eigenvalue weighted by Crippen LogP contribution is 2.39. The molecule has 0 atom stereocenters. The van der Waals surface area contributed by atoms with Crippen LogP contribution in [0.5, 0.6) is 0 Å². The Bertz CT molecular complexity index is 3090. The Morgan fingerprint density at radius 2 is 1.13 bits per heavy atom. The number of hydrogen-bond donors (Lipinski definition) is 0. The Balaban J connectivity index is 1.29. The molecule has 6 aromatic carbocycles. The number of aromatic nitrogens is 5. The normalized spacial score (nSPS) is 12.3. The van der Waals surface area contributed by atoms with Crippen LogP contribution in [0.1, 0.15) is 0 Å². The smallest absolute Gasteiger partial charge is 0.237 e. The van der Waals surface area contributed by atoms with Crippen LogP contribution in [0, 0.1) is 0 Å². The minimum Gasteiger partial charge on any atom is -0.456 e. The van der Waals surface area contributed by atoms with Crippen LogP contribution in [0.3, 0.4) is 0 Å². The van der Waals surface area contributed by atoms with E-state index in [0.717, 1.165) is 82.7 Å². The van der Waals surface area contributed by atoms with Crippen LogP contribution in [0.2, 0.25) is 0 Å². The van der Waals surface area contributed by atoms with Crippen molar-refractivity contribution in [1.82, 2.24) is 23.9 Å². The van der Waals surface area contributed by atoms with E-state index in [1.165, 1.54) is 10.8 Å². The van der Waals surface area contributed by atoms with E-state index in [1.807, 2.05) is 36.4 Å². The SMILES string of the molecule is c1ccc2c(-c3ccc4oc5ccccc5c4c3)nc(-n3c4ccccc4c4nc5c6ccccc6c6ccccc6n5c43)nc2c1. The van der Waals surface area contributed by atoms with Crippen molar-refractivity contribution >= 4 is 82.2 Å². The van der Waals surface area contributed by atoms with Crippen LogP contribution in [-0.2, 0) is 0 Å². The van der Waals surface area contributed by atoms with E-state index in [1.54, 1.807) is 0 Å². The maximum atomic E-state index is 6.16. The van der Waals surface area contributed by atoms with Gasteiger partial charge in [-0.2, -0.15) is 0 Å². The molecular formula is C41H23N5O. The van der Waals surface area contributed by atoms with E-state index in [9.17, 15) is 0 Å². The van der Waals surface area contributed by atoms with E-state index >= 15 is 0 Å². The van der Waals surface area contributed by atoms with Gasteiger partial charge in [0, 0.05) is 37.9 Å². The van der Waals surface area contributed by atoms with Crippen molar-refractivity contribution in [2.24, 2.45) is 0 Å². The summed E-state index contributed by atoms with van der Waals surface area (Å²) in [5, 5.41) is 7.67. The highest BCUT2D eigenvalue weighted by Gasteiger charge is 2.23. The van der Waals surface area contributed by atoms with Gasteiger partial charge in [-0.15, -0.1) is 0 Å². The maximum absolute atomic E-state index is 6.16. The van der Waals surface area contributed by atoms with Gasteiger partial charge in [-0.1, -0.05) is 97.1 Å². The van der Waals surface area contributed by atoms with Crippen molar-refractivity contribution in [3.8, 4) is 17.2 Å². The number of para-hydroxylation sites is 4. The summed E-state index contributed by atoms with van der Waals surface area (Å²) in [4.78, 5) is 16.0. The lowest BCUT2D eigenvalue weighted by atomic mass is 10.0. The second kappa shape index (κ2) is 9.02. The topological polar surface area (TPSA) is 61.2 Å². The molecule has 0 saturated heterocycles. The maximum Gasteiger partial charge on any atom is 0.237 e. The molecular weight excluding hydrogens is 578 g/mol. The molecule has 11 aromatic rings. The molecule has 0 aliphatic carbocycles. The van der Waals surface area contributed by atoms with E-state index in [4.69, 9.17) is 19.4 Å². The molecule has 0 spiro atoms. The molecule has 0 bridgehead atoms. The molecule has 11 rings (SSSR count). The lowest BCUT2D eigenvalue weighted by molar-refractivity contribution is 0.669. The van der Waals surface area contributed by atoms with E-state index in [0.29, 0.717) is 5.95 Å². The Labute approximate surface area is 266 Å². The summed E-state index contributed by atoms with van der Waals surface area (Å²) in [6.45, 7) is 0. The first-order chi connectivity index (χ1) is 23.3. The van der Waals surface area contributed by atoms with Crippen LogP contribution < -0.4 is 0 Å². The van der Waals surface area contributed by atoms with Gasteiger partial charge in [0.2, 0.25) is 5.95 Å². The third-order valence-corrected chi connectivity index (χ3v) is 9.51. The number of furan rings is 1. The molecule has 0 unspecified atom stereocenters. The highest BCUT2D eigenvalue weighted by atomic mass is 16.3. The zero-order chi connectivity index (χ0) is 30.6. The first-order valence-electron chi connectivity index (χ1n) is 15.7. The van der Waals surface area contributed by atoms with Crippen molar-refractivity contribution in [1.29, 1.82) is 0 Å². The summed E-state index contributed by atoms with van der Waals surface area (Å²) >= 11 is 0. The first-order valence-corrected chi connectivity index (χ1v) is 15.7. The van der Waals surface area contributed by atoms with Crippen molar-refractivity contribution in [2.75, 3.05) is 0 Å². The molecule has 47 heavy (non-hydrogen) atoms. The zero-order valence-electron chi connectivity index (χ0n) is 24.9. The van der Waals surface area contributed by atoms with Gasteiger partial charge in [-0.3, -0.25) is 8.97 Å². The number of benzene rings is 6. The van der Waals surface area contributed by atoms with Crippen LogP contribution in [0.15, 0.2) is 144 Å². The number of pyridine rings is 1. The van der Waals surface area contributed by atoms with E-state index in [2.05, 4.69) is 112 Å². The predicted molar refractivity (Wildman–Crippen MR) is 190 cm³/mol. The zero-order valence-corrected chi connectivity index (χ0v) is 24.9. The Morgan fingerprint density at radius 3 is 2.00 bits per heavy atom. The van der Waals surface area contributed by atoms with Gasteiger partial charge in [-0.05, 0) is 47.9 Å². The molecule has 0 aliphatic heterocycles. The minimum absolute atomic E-state index is 0.598. The van der Waals surface area contributed by atoms with Crippen LogP contribution in [-0.4, -0.2) is 23.9 Å². The summed E-state index contributed by atoms with van der Waals surface area (Å²) in [7, 11) is 0. The molecule has 5 heterocycles. The van der Waals surface area contributed by atoms with E-state index < -0.39 is 0 Å². The summed E-state index contributed by atoms with van der Waals surface area (Å²) in [6, 6.07) is 48.3. The number of imidazole rings is 1. The fraction of sp³-hybridized carbons (Fsp3) is 0. The highest BCUT2D eigenvalue weighted by molar-refractivity contribution is 6.17. The summed E-state index contributed by atoms with van der Waals surface area (Å²) < 4.78 is 10.6. The Kier molecular flexibility index (Phi) is 4.75. The van der Waals surface area contributed by atoms with Crippen molar-refractivity contribution in [3.05, 3.63) is 140 Å². The molecule has 0 aliphatic rings. The molecule has 0 saturated carbocycles. The summed E-state index contributed by atoms with van der Waals surface area (Å²) in [5.41, 5.74) is 9.37. The van der Waals surface area contributed by atoms with Crippen LogP contribution in [0.4, 0.5) is 0 Å². The third kappa shape index (κ3) is 3.31. The number of nitrogens with zero attached hydrogens (tertiary/aromatic N) is 5. The Hall–Kier alpha value is -6.53. The van der Waals surface area contributed by atoms with Gasteiger partial charge in [0.15, 0.2) is 5.65 Å². The quantitative estimate of drug-likeness (QED) is 0.185. The average molecular weight is 602 g/mol. The summed E-state index contributed by atoms with van der Waals surface area (Å²) in [6.07, 6.45) is 0. The second-order valence-electron chi connectivity index (χ2n) is 12.1. The predicted octanol–water partition coefficient (Wildman–Crippen LogP) is 10.2. The molecule has 6 heteroatoms. The van der Waals surface area contributed by atoms with Gasteiger partial charge < -0.3 is 4.42 Å². The van der Waals surface area contributed by atoms with Crippen LogP contribution >= 0.6 is 0 Å². The molecule has 0 radical (unpaired) electrons. The fourth-order valence-electron chi connectivity index (χ4n) is 7.46.